The van der Waals surface area contributed by atoms with E-state index in [-0.39, 0.29) is 13.2 Å². The summed E-state index contributed by atoms with van der Waals surface area (Å²) in [5, 5.41) is 25.8. The zero-order chi connectivity index (χ0) is 15.2. The lowest BCUT2D eigenvalue weighted by Gasteiger charge is -2.30. The average Bonchev–Trinajstić information content (AvgIpc) is 2.46. The largest absolute Gasteiger partial charge is 0.394 e. The molecule has 0 radical (unpaired) electrons. The van der Waals surface area contributed by atoms with Crippen LogP contribution in [0.5, 0.6) is 0 Å². The molecule has 20 heavy (non-hydrogen) atoms. The normalized spacial score (nSPS) is 11.5. The van der Waals surface area contributed by atoms with Crippen LogP contribution < -0.4 is 10.6 Å². The van der Waals surface area contributed by atoms with E-state index in [1.54, 1.807) is 6.07 Å². The molecule has 1 heterocycles. The molecule has 7 heteroatoms. The van der Waals surface area contributed by atoms with E-state index in [2.05, 4.69) is 15.6 Å². The third-order valence-electron chi connectivity index (χ3n) is 3.14. The summed E-state index contributed by atoms with van der Waals surface area (Å²) in [6.07, 6.45) is 1.47. The average molecular weight is 322 g/mol. The molecule has 0 aromatic carbocycles. The van der Waals surface area contributed by atoms with Crippen molar-refractivity contribution in [3.8, 4) is 0 Å². The topological polar surface area (TPSA) is 77.4 Å². The van der Waals surface area contributed by atoms with Crippen LogP contribution in [0.4, 0.5) is 11.6 Å². The highest BCUT2D eigenvalue weighted by Gasteiger charge is 2.28. The van der Waals surface area contributed by atoms with Gasteiger partial charge in [0.25, 0.3) is 0 Å². The zero-order valence-electron chi connectivity index (χ0n) is 11.7. The lowest BCUT2D eigenvalue weighted by Crippen LogP contribution is -2.45. The SMILES string of the molecule is CCCNc1nc(NC(CC)(CO)CO)c(Cl)cc1Cl. The van der Waals surface area contributed by atoms with Gasteiger partial charge in [-0.2, -0.15) is 0 Å². The summed E-state index contributed by atoms with van der Waals surface area (Å²) in [6.45, 7) is 4.19. The number of anilines is 2. The molecule has 114 valence electrons. The van der Waals surface area contributed by atoms with Gasteiger partial charge in [-0.05, 0) is 18.9 Å². The van der Waals surface area contributed by atoms with Gasteiger partial charge in [0.1, 0.15) is 11.6 Å². The molecule has 0 saturated carbocycles. The zero-order valence-corrected chi connectivity index (χ0v) is 13.2. The molecule has 1 rings (SSSR count). The number of rotatable bonds is 8. The number of nitrogens with one attached hydrogen (secondary N) is 2. The Balaban J connectivity index is 3.04. The molecule has 1 aromatic heterocycles. The standard InChI is InChI=1S/C13H21Cl2N3O2/c1-3-5-16-11-9(14)6-10(15)12(17-11)18-13(4-2,7-19)8-20/h6,19-20H,3-5,7-8H2,1-2H3,(H2,16,17,18). The molecule has 4 N–H and O–H groups in total. The molecule has 0 fully saturated rings. The maximum atomic E-state index is 9.46. The summed E-state index contributed by atoms with van der Waals surface area (Å²) in [4.78, 5) is 4.33. The van der Waals surface area contributed by atoms with Crippen LogP contribution in [0.15, 0.2) is 6.07 Å². The van der Waals surface area contributed by atoms with Crippen LogP contribution in [0.25, 0.3) is 0 Å². The van der Waals surface area contributed by atoms with Crippen molar-refractivity contribution in [1.29, 1.82) is 0 Å². The molecule has 1 aromatic rings. The van der Waals surface area contributed by atoms with E-state index in [1.807, 2.05) is 13.8 Å². The number of aromatic nitrogens is 1. The van der Waals surface area contributed by atoms with Gasteiger partial charge < -0.3 is 20.8 Å². The third-order valence-corrected chi connectivity index (χ3v) is 3.71. The van der Waals surface area contributed by atoms with E-state index in [1.165, 1.54) is 0 Å². The van der Waals surface area contributed by atoms with Gasteiger partial charge in [0, 0.05) is 6.54 Å². The summed E-state index contributed by atoms with van der Waals surface area (Å²) < 4.78 is 0. The number of aliphatic hydroxyl groups is 2. The fraction of sp³-hybridized carbons (Fsp3) is 0.615. The molecule has 0 bridgehead atoms. The van der Waals surface area contributed by atoms with Gasteiger partial charge in [-0.1, -0.05) is 37.0 Å². The highest BCUT2D eigenvalue weighted by atomic mass is 35.5. The predicted molar refractivity (Wildman–Crippen MR) is 83.9 cm³/mol. The highest BCUT2D eigenvalue weighted by molar-refractivity contribution is 6.37. The van der Waals surface area contributed by atoms with Crippen LogP contribution in [0.3, 0.4) is 0 Å². The Labute approximate surface area is 129 Å². The number of halogens is 2. The molecule has 5 nitrogen and oxygen atoms in total. The summed E-state index contributed by atoms with van der Waals surface area (Å²) in [5.74, 6) is 0.918. The Hall–Kier alpha value is -0.750. The molecule has 0 amide bonds. The van der Waals surface area contributed by atoms with Crippen LogP contribution in [-0.4, -0.2) is 40.5 Å². The first-order valence-corrected chi connectivity index (χ1v) is 7.37. The number of pyridine rings is 1. The Kier molecular flexibility index (Phi) is 6.82. The Bertz CT molecular complexity index is 432. The molecule has 0 unspecified atom stereocenters. The summed E-state index contributed by atoms with van der Waals surface area (Å²) in [6, 6.07) is 1.59. The molecular formula is C13H21Cl2N3O2. The predicted octanol–water partition coefficient (Wildman–Crippen LogP) is 2.76. The van der Waals surface area contributed by atoms with Crippen LogP contribution in [0, 0.1) is 0 Å². The number of hydrogen-bond donors (Lipinski definition) is 4. The van der Waals surface area contributed by atoms with E-state index < -0.39 is 5.54 Å². The second-order valence-electron chi connectivity index (χ2n) is 4.65. The second-order valence-corrected chi connectivity index (χ2v) is 5.47. The van der Waals surface area contributed by atoms with Crippen molar-refractivity contribution in [3.05, 3.63) is 16.1 Å². The van der Waals surface area contributed by atoms with Crippen LogP contribution in [0.2, 0.25) is 10.0 Å². The Morgan fingerprint density at radius 3 is 2.25 bits per heavy atom. The van der Waals surface area contributed by atoms with Gasteiger partial charge in [0.2, 0.25) is 0 Å². The van der Waals surface area contributed by atoms with Crippen LogP contribution in [0.1, 0.15) is 26.7 Å². The lowest BCUT2D eigenvalue weighted by atomic mass is 9.98. The highest BCUT2D eigenvalue weighted by Crippen LogP contribution is 2.31. The van der Waals surface area contributed by atoms with Gasteiger partial charge >= 0.3 is 0 Å². The van der Waals surface area contributed by atoms with E-state index in [0.29, 0.717) is 28.1 Å². The fourth-order valence-corrected chi connectivity index (χ4v) is 2.09. The van der Waals surface area contributed by atoms with Crippen molar-refractivity contribution in [1.82, 2.24) is 4.98 Å². The summed E-state index contributed by atoms with van der Waals surface area (Å²) in [7, 11) is 0. The van der Waals surface area contributed by atoms with Crippen molar-refractivity contribution in [2.75, 3.05) is 30.4 Å². The van der Waals surface area contributed by atoms with Crippen LogP contribution >= 0.6 is 23.2 Å². The summed E-state index contributed by atoms with van der Waals surface area (Å²) >= 11 is 12.2. The Morgan fingerprint density at radius 1 is 1.15 bits per heavy atom. The first-order valence-electron chi connectivity index (χ1n) is 6.61. The first-order chi connectivity index (χ1) is 9.51. The minimum atomic E-state index is -0.855. The van der Waals surface area contributed by atoms with Gasteiger partial charge in [0.15, 0.2) is 0 Å². The smallest absolute Gasteiger partial charge is 0.147 e. The number of aliphatic hydroxyl groups excluding tert-OH is 2. The number of nitrogens with zero attached hydrogens (tertiary/aromatic N) is 1. The van der Waals surface area contributed by atoms with Gasteiger partial charge in [-0.15, -0.1) is 0 Å². The minimum absolute atomic E-state index is 0.224. The van der Waals surface area contributed by atoms with Gasteiger partial charge in [-0.25, -0.2) is 4.98 Å². The van der Waals surface area contributed by atoms with E-state index in [0.717, 1.165) is 13.0 Å². The quantitative estimate of drug-likeness (QED) is 0.592. The van der Waals surface area contributed by atoms with Crippen molar-refractivity contribution in [2.45, 2.75) is 32.2 Å². The van der Waals surface area contributed by atoms with Crippen molar-refractivity contribution in [3.63, 3.8) is 0 Å². The number of hydrogen-bond acceptors (Lipinski definition) is 5. The van der Waals surface area contributed by atoms with Gasteiger partial charge in [0.05, 0.1) is 28.8 Å². The lowest BCUT2D eigenvalue weighted by molar-refractivity contribution is 0.132. The second kappa shape index (κ2) is 7.88. The van der Waals surface area contributed by atoms with E-state index in [4.69, 9.17) is 23.2 Å². The van der Waals surface area contributed by atoms with E-state index >= 15 is 0 Å². The fourth-order valence-electron chi connectivity index (χ4n) is 1.61. The first kappa shape index (κ1) is 17.3. The van der Waals surface area contributed by atoms with Crippen molar-refractivity contribution >= 4 is 34.8 Å². The maximum Gasteiger partial charge on any atom is 0.147 e. The molecule has 0 aliphatic carbocycles. The Morgan fingerprint density at radius 2 is 1.75 bits per heavy atom. The third kappa shape index (κ3) is 4.12. The van der Waals surface area contributed by atoms with Crippen molar-refractivity contribution < 1.29 is 10.2 Å². The molecule has 0 saturated heterocycles. The summed E-state index contributed by atoms with van der Waals surface area (Å²) in [5.41, 5.74) is -0.855. The minimum Gasteiger partial charge on any atom is -0.394 e. The van der Waals surface area contributed by atoms with Crippen LogP contribution in [-0.2, 0) is 0 Å². The van der Waals surface area contributed by atoms with Gasteiger partial charge in [-0.3, -0.25) is 0 Å². The molecular weight excluding hydrogens is 301 g/mol. The molecule has 0 atom stereocenters. The molecule has 0 aliphatic heterocycles. The molecule has 0 spiro atoms. The molecule has 0 aliphatic rings. The van der Waals surface area contributed by atoms with Crippen molar-refractivity contribution in [2.24, 2.45) is 0 Å². The monoisotopic (exact) mass is 321 g/mol. The maximum absolute atomic E-state index is 9.46. The van der Waals surface area contributed by atoms with E-state index in [9.17, 15) is 10.2 Å².